The van der Waals surface area contributed by atoms with Crippen molar-refractivity contribution in [1.82, 2.24) is 20.2 Å². The third-order valence-corrected chi connectivity index (χ3v) is 2.87. The zero-order chi connectivity index (χ0) is 13.8. The Labute approximate surface area is 116 Å². The molecule has 0 fully saturated rings. The predicted molar refractivity (Wildman–Crippen MR) is 73.8 cm³/mol. The standard InChI is InChI=1S/C12H16ClN5O/c1-8(2)19-6-5-18-12(15-16-17-18)9-3-4-11(14)10(13)7-9/h3-4,7-8H,5-6,14H2,1-2H3. The molecule has 6 nitrogen and oxygen atoms in total. The molecular formula is C12H16ClN5O. The largest absolute Gasteiger partial charge is 0.398 e. The van der Waals surface area contributed by atoms with Crippen molar-refractivity contribution in [2.45, 2.75) is 26.5 Å². The van der Waals surface area contributed by atoms with E-state index in [1.54, 1.807) is 16.8 Å². The van der Waals surface area contributed by atoms with Crippen LogP contribution < -0.4 is 5.73 Å². The molecule has 0 radical (unpaired) electrons. The fourth-order valence-corrected chi connectivity index (χ4v) is 1.78. The van der Waals surface area contributed by atoms with Crippen molar-refractivity contribution in [3.8, 4) is 11.4 Å². The van der Waals surface area contributed by atoms with Gasteiger partial charge in [-0.25, -0.2) is 4.68 Å². The van der Waals surface area contributed by atoms with Gasteiger partial charge in [0, 0.05) is 5.56 Å². The van der Waals surface area contributed by atoms with Gasteiger partial charge in [0.15, 0.2) is 5.82 Å². The SMILES string of the molecule is CC(C)OCCn1nnnc1-c1ccc(N)c(Cl)c1. The van der Waals surface area contributed by atoms with Crippen LogP contribution in [-0.2, 0) is 11.3 Å². The highest BCUT2D eigenvalue weighted by molar-refractivity contribution is 6.33. The number of tetrazole rings is 1. The van der Waals surface area contributed by atoms with E-state index in [4.69, 9.17) is 22.1 Å². The van der Waals surface area contributed by atoms with Gasteiger partial charge in [0.2, 0.25) is 0 Å². The molecule has 0 bridgehead atoms. The van der Waals surface area contributed by atoms with Crippen LogP contribution in [0.1, 0.15) is 13.8 Å². The van der Waals surface area contributed by atoms with Crippen LogP contribution in [0.25, 0.3) is 11.4 Å². The molecule has 1 aromatic carbocycles. The molecule has 0 atom stereocenters. The number of nitrogen functional groups attached to an aromatic ring is 1. The second-order valence-corrected chi connectivity index (χ2v) is 4.79. The Hall–Kier alpha value is -1.66. The lowest BCUT2D eigenvalue weighted by molar-refractivity contribution is 0.0709. The second kappa shape index (κ2) is 5.99. The summed E-state index contributed by atoms with van der Waals surface area (Å²) in [4.78, 5) is 0. The van der Waals surface area contributed by atoms with Crippen LogP contribution in [0.4, 0.5) is 5.69 Å². The molecule has 0 aliphatic carbocycles. The lowest BCUT2D eigenvalue weighted by atomic mass is 10.2. The van der Waals surface area contributed by atoms with Crippen molar-refractivity contribution in [3.05, 3.63) is 23.2 Å². The molecule has 2 N–H and O–H groups in total. The van der Waals surface area contributed by atoms with Crippen LogP contribution in [0.15, 0.2) is 18.2 Å². The molecule has 0 saturated carbocycles. The number of aromatic nitrogens is 4. The summed E-state index contributed by atoms with van der Waals surface area (Å²) in [6.07, 6.45) is 0.186. The number of ether oxygens (including phenoxy) is 1. The van der Waals surface area contributed by atoms with E-state index in [-0.39, 0.29) is 6.10 Å². The Morgan fingerprint density at radius 3 is 2.89 bits per heavy atom. The van der Waals surface area contributed by atoms with Crippen molar-refractivity contribution in [2.24, 2.45) is 0 Å². The maximum Gasteiger partial charge on any atom is 0.182 e. The fourth-order valence-electron chi connectivity index (χ4n) is 1.60. The number of anilines is 1. The van der Waals surface area contributed by atoms with Crippen LogP contribution >= 0.6 is 11.6 Å². The van der Waals surface area contributed by atoms with Crippen molar-refractivity contribution in [2.75, 3.05) is 12.3 Å². The minimum Gasteiger partial charge on any atom is -0.398 e. The Morgan fingerprint density at radius 1 is 1.42 bits per heavy atom. The molecule has 0 unspecified atom stereocenters. The van der Waals surface area contributed by atoms with E-state index in [0.29, 0.717) is 29.7 Å². The third-order valence-electron chi connectivity index (χ3n) is 2.54. The summed E-state index contributed by atoms with van der Waals surface area (Å²) < 4.78 is 7.17. The lowest BCUT2D eigenvalue weighted by Crippen LogP contribution is -2.12. The normalized spacial score (nSPS) is 11.2. The molecule has 1 aromatic heterocycles. The van der Waals surface area contributed by atoms with Gasteiger partial charge >= 0.3 is 0 Å². The minimum absolute atomic E-state index is 0.186. The van der Waals surface area contributed by atoms with Gasteiger partial charge < -0.3 is 10.5 Å². The van der Waals surface area contributed by atoms with Crippen LogP contribution in [0.3, 0.4) is 0 Å². The van der Waals surface area contributed by atoms with Gasteiger partial charge in [-0.15, -0.1) is 5.10 Å². The van der Waals surface area contributed by atoms with Crippen molar-refractivity contribution in [3.63, 3.8) is 0 Å². The van der Waals surface area contributed by atoms with Crippen LogP contribution in [0, 0.1) is 0 Å². The second-order valence-electron chi connectivity index (χ2n) is 4.38. The molecule has 0 spiro atoms. The average Bonchev–Trinajstić information content (AvgIpc) is 2.80. The summed E-state index contributed by atoms with van der Waals surface area (Å²) in [5, 5.41) is 12.1. The van der Waals surface area contributed by atoms with Crippen molar-refractivity contribution in [1.29, 1.82) is 0 Å². The molecule has 0 aliphatic heterocycles. The molecule has 0 aliphatic rings. The van der Waals surface area contributed by atoms with Gasteiger partial charge in [-0.1, -0.05) is 11.6 Å². The Bertz CT molecular complexity index is 555. The molecule has 2 rings (SSSR count). The van der Waals surface area contributed by atoms with Crippen LogP contribution in [0.2, 0.25) is 5.02 Å². The predicted octanol–water partition coefficient (Wildman–Crippen LogP) is 2.00. The summed E-state index contributed by atoms with van der Waals surface area (Å²) in [5.41, 5.74) is 7.05. The van der Waals surface area contributed by atoms with Gasteiger partial charge in [0.25, 0.3) is 0 Å². The summed E-state index contributed by atoms with van der Waals surface area (Å²) in [6.45, 7) is 5.11. The fraction of sp³-hybridized carbons (Fsp3) is 0.417. The number of rotatable bonds is 5. The van der Waals surface area contributed by atoms with E-state index < -0.39 is 0 Å². The molecule has 7 heteroatoms. The number of nitrogens with zero attached hydrogens (tertiary/aromatic N) is 4. The minimum atomic E-state index is 0.186. The summed E-state index contributed by atoms with van der Waals surface area (Å²) in [5.74, 6) is 0.647. The van der Waals surface area contributed by atoms with Gasteiger partial charge in [-0.3, -0.25) is 0 Å². The van der Waals surface area contributed by atoms with E-state index in [1.807, 2.05) is 19.9 Å². The highest BCUT2D eigenvalue weighted by Crippen LogP contribution is 2.25. The molecule has 102 valence electrons. The quantitative estimate of drug-likeness (QED) is 0.848. The van der Waals surface area contributed by atoms with Crippen molar-refractivity contribution < 1.29 is 4.74 Å². The summed E-state index contributed by atoms with van der Waals surface area (Å²) in [6, 6.07) is 5.33. The highest BCUT2D eigenvalue weighted by atomic mass is 35.5. The van der Waals surface area contributed by atoms with E-state index in [2.05, 4.69) is 15.5 Å². The lowest BCUT2D eigenvalue weighted by Gasteiger charge is -2.08. The zero-order valence-corrected chi connectivity index (χ0v) is 11.6. The first-order chi connectivity index (χ1) is 9.08. The first kappa shape index (κ1) is 13.8. The smallest absolute Gasteiger partial charge is 0.182 e. The zero-order valence-electron chi connectivity index (χ0n) is 10.9. The van der Waals surface area contributed by atoms with E-state index in [0.717, 1.165) is 5.56 Å². The van der Waals surface area contributed by atoms with E-state index in [9.17, 15) is 0 Å². The maximum atomic E-state index is 6.00. The van der Waals surface area contributed by atoms with Crippen LogP contribution in [-0.4, -0.2) is 32.9 Å². The van der Waals surface area contributed by atoms with E-state index >= 15 is 0 Å². The van der Waals surface area contributed by atoms with Crippen molar-refractivity contribution >= 4 is 17.3 Å². The van der Waals surface area contributed by atoms with E-state index in [1.165, 1.54) is 0 Å². The average molecular weight is 282 g/mol. The first-order valence-corrected chi connectivity index (χ1v) is 6.39. The topological polar surface area (TPSA) is 78.8 Å². The monoisotopic (exact) mass is 281 g/mol. The Balaban J connectivity index is 2.16. The third kappa shape index (κ3) is 3.42. The number of halogens is 1. The number of hydrogen-bond donors (Lipinski definition) is 1. The number of hydrogen-bond acceptors (Lipinski definition) is 5. The molecule has 1 heterocycles. The maximum absolute atomic E-state index is 6.00. The Kier molecular flexibility index (Phi) is 4.34. The summed E-state index contributed by atoms with van der Waals surface area (Å²) >= 11 is 6.00. The Morgan fingerprint density at radius 2 is 2.21 bits per heavy atom. The number of nitrogens with two attached hydrogens (primary N) is 1. The molecule has 0 amide bonds. The highest BCUT2D eigenvalue weighted by Gasteiger charge is 2.10. The molecule has 0 saturated heterocycles. The van der Waals surface area contributed by atoms with Gasteiger partial charge in [-0.2, -0.15) is 0 Å². The van der Waals surface area contributed by atoms with Gasteiger partial charge in [0.1, 0.15) is 0 Å². The van der Waals surface area contributed by atoms with Gasteiger partial charge in [-0.05, 0) is 42.5 Å². The molecule has 19 heavy (non-hydrogen) atoms. The molecular weight excluding hydrogens is 266 g/mol. The first-order valence-electron chi connectivity index (χ1n) is 6.01. The number of benzene rings is 1. The van der Waals surface area contributed by atoms with Crippen LogP contribution in [0.5, 0.6) is 0 Å². The summed E-state index contributed by atoms with van der Waals surface area (Å²) in [7, 11) is 0. The molecule has 2 aromatic rings. The van der Waals surface area contributed by atoms with Gasteiger partial charge in [0.05, 0.1) is 30.0 Å².